The van der Waals surface area contributed by atoms with Gasteiger partial charge in [-0.2, -0.15) is 0 Å². The molecule has 1 amide bonds. The zero-order valence-corrected chi connectivity index (χ0v) is 9.34. The molecule has 0 spiro atoms. The predicted octanol–water partition coefficient (Wildman–Crippen LogP) is -0.0659. The molecule has 0 aromatic rings. The predicted molar refractivity (Wildman–Crippen MR) is 56.9 cm³/mol. The molecule has 0 saturated carbocycles. The van der Waals surface area contributed by atoms with Crippen LogP contribution in [0, 0.1) is 0 Å². The molecule has 1 aliphatic rings. The maximum absolute atomic E-state index is 11.7. The molecule has 1 unspecified atom stereocenters. The number of hydrogen-bond acceptors (Lipinski definition) is 3. The number of carbonyl (C=O) groups is 1. The Morgan fingerprint density at radius 3 is 2.86 bits per heavy atom. The standard InChI is InChI=1S/C10H21N3O/c1-8(4-5-11)13-7-6-12-9(14)10(13,2)3/h8H,4-7,11H2,1-3H3,(H,12,14). The maximum Gasteiger partial charge on any atom is 0.240 e. The van der Waals surface area contributed by atoms with E-state index in [0.29, 0.717) is 12.6 Å². The molecule has 14 heavy (non-hydrogen) atoms. The number of amides is 1. The van der Waals surface area contributed by atoms with Crippen LogP contribution >= 0.6 is 0 Å². The zero-order chi connectivity index (χ0) is 10.8. The van der Waals surface area contributed by atoms with Gasteiger partial charge < -0.3 is 11.1 Å². The van der Waals surface area contributed by atoms with Crippen LogP contribution < -0.4 is 11.1 Å². The van der Waals surface area contributed by atoms with Gasteiger partial charge in [0.1, 0.15) is 0 Å². The van der Waals surface area contributed by atoms with Gasteiger partial charge in [0.2, 0.25) is 5.91 Å². The van der Waals surface area contributed by atoms with E-state index in [1.165, 1.54) is 0 Å². The first kappa shape index (κ1) is 11.5. The molecule has 82 valence electrons. The average molecular weight is 199 g/mol. The Morgan fingerprint density at radius 2 is 2.29 bits per heavy atom. The average Bonchev–Trinajstić information content (AvgIpc) is 2.10. The lowest BCUT2D eigenvalue weighted by molar-refractivity contribution is -0.136. The van der Waals surface area contributed by atoms with Gasteiger partial charge in [0.05, 0.1) is 5.54 Å². The lowest BCUT2D eigenvalue weighted by Gasteiger charge is -2.44. The number of nitrogens with one attached hydrogen (secondary N) is 1. The van der Waals surface area contributed by atoms with Crippen LogP contribution in [0.15, 0.2) is 0 Å². The molecule has 1 fully saturated rings. The summed E-state index contributed by atoms with van der Waals surface area (Å²) in [4.78, 5) is 13.9. The first-order valence-electron chi connectivity index (χ1n) is 5.25. The molecule has 0 aromatic carbocycles. The summed E-state index contributed by atoms with van der Waals surface area (Å²) in [5.41, 5.74) is 5.14. The van der Waals surface area contributed by atoms with Crippen LogP contribution in [0.3, 0.4) is 0 Å². The van der Waals surface area contributed by atoms with Crippen LogP contribution in [0.5, 0.6) is 0 Å². The fourth-order valence-electron chi connectivity index (χ4n) is 2.08. The van der Waals surface area contributed by atoms with E-state index in [2.05, 4.69) is 17.1 Å². The van der Waals surface area contributed by atoms with E-state index < -0.39 is 5.54 Å². The SMILES string of the molecule is CC(CCN)N1CCNC(=O)C1(C)C. The minimum Gasteiger partial charge on any atom is -0.353 e. The molecule has 0 radical (unpaired) electrons. The van der Waals surface area contributed by atoms with Gasteiger partial charge in [-0.15, -0.1) is 0 Å². The number of nitrogens with two attached hydrogens (primary N) is 1. The van der Waals surface area contributed by atoms with Crippen LogP contribution in [0.4, 0.5) is 0 Å². The number of rotatable bonds is 3. The molecule has 1 aliphatic heterocycles. The Morgan fingerprint density at radius 1 is 1.64 bits per heavy atom. The third-order valence-electron chi connectivity index (χ3n) is 3.03. The normalized spacial score (nSPS) is 24.4. The second-order valence-corrected chi connectivity index (χ2v) is 4.43. The van der Waals surface area contributed by atoms with E-state index in [0.717, 1.165) is 19.5 Å². The van der Waals surface area contributed by atoms with Crippen molar-refractivity contribution in [2.45, 2.75) is 38.8 Å². The highest BCUT2D eigenvalue weighted by atomic mass is 16.2. The Balaban J connectivity index is 2.70. The van der Waals surface area contributed by atoms with Crippen LogP contribution in [0.1, 0.15) is 27.2 Å². The van der Waals surface area contributed by atoms with Crippen molar-refractivity contribution in [3.8, 4) is 0 Å². The van der Waals surface area contributed by atoms with Gasteiger partial charge in [-0.05, 0) is 33.7 Å². The molecule has 4 nitrogen and oxygen atoms in total. The summed E-state index contributed by atoms with van der Waals surface area (Å²) >= 11 is 0. The van der Waals surface area contributed by atoms with E-state index in [-0.39, 0.29) is 5.91 Å². The number of carbonyl (C=O) groups excluding carboxylic acids is 1. The summed E-state index contributed by atoms with van der Waals surface area (Å²) in [7, 11) is 0. The first-order chi connectivity index (χ1) is 6.50. The van der Waals surface area contributed by atoms with Crippen LogP contribution in [0.25, 0.3) is 0 Å². The Hall–Kier alpha value is -0.610. The Bertz CT molecular complexity index is 215. The first-order valence-corrected chi connectivity index (χ1v) is 5.25. The smallest absolute Gasteiger partial charge is 0.240 e. The number of piperazine rings is 1. The lowest BCUT2D eigenvalue weighted by Crippen LogP contribution is -2.64. The van der Waals surface area contributed by atoms with Crippen LogP contribution in [-0.4, -0.2) is 42.0 Å². The van der Waals surface area contributed by atoms with E-state index in [9.17, 15) is 4.79 Å². The molecule has 1 atom stereocenters. The zero-order valence-electron chi connectivity index (χ0n) is 9.34. The molecular weight excluding hydrogens is 178 g/mol. The van der Waals surface area contributed by atoms with Crippen LogP contribution in [0.2, 0.25) is 0 Å². The highest BCUT2D eigenvalue weighted by Crippen LogP contribution is 2.21. The minimum atomic E-state index is -0.396. The van der Waals surface area contributed by atoms with E-state index >= 15 is 0 Å². The highest BCUT2D eigenvalue weighted by Gasteiger charge is 2.39. The quantitative estimate of drug-likeness (QED) is 0.669. The highest BCUT2D eigenvalue weighted by molar-refractivity contribution is 5.86. The van der Waals surface area contributed by atoms with E-state index in [1.54, 1.807) is 0 Å². The number of nitrogens with zero attached hydrogens (tertiary/aromatic N) is 1. The number of hydrogen-bond donors (Lipinski definition) is 2. The molecule has 0 aromatic heterocycles. The lowest BCUT2D eigenvalue weighted by atomic mass is 9.96. The fraction of sp³-hybridized carbons (Fsp3) is 0.900. The van der Waals surface area contributed by atoms with Crippen molar-refractivity contribution >= 4 is 5.91 Å². The van der Waals surface area contributed by atoms with Gasteiger partial charge in [0, 0.05) is 19.1 Å². The van der Waals surface area contributed by atoms with Gasteiger partial charge >= 0.3 is 0 Å². The minimum absolute atomic E-state index is 0.118. The van der Waals surface area contributed by atoms with Gasteiger partial charge in [0.25, 0.3) is 0 Å². The Labute approximate surface area is 85.8 Å². The van der Waals surface area contributed by atoms with E-state index in [1.807, 2.05) is 13.8 Å². The summed E-state index contributed by atoms with van der Waals surface area (Å²) in [6.07, 6.45) is 0.941. The molecular formula is C10H21N3O. The van der Waals surface area contributed by atoms with Crippen molar-refractivity contribution in [1.82, 2.24) is 10.2 Å². The third-order valence-corrected chi connectivity index (χ3v) is 3.03. The summed E-state index contributed by atoms with van der Waals surface area (Å²) in [6, 6.07) is 0.376. The molecule has 1 heterocycles. The van der Waals surface area contributed by atoms with Crippen molar-refractivity contribution in [3.05, 3.63) is 0 Å². The molecule has 3 N–H and O–H groups in total. The fourth-order valence-corrected chi connectivity index (χ4v) is 2.08. The molecule has 0 aliphatic carbocycles. The van der Waals surface area contributed by atoms with Crippen molar-refractivity contribution in [2.24, 2.45) is 5.73 Å². The van der Waals surface area contributed by atoms with Gasteiger partial charge in [-0.25, -0.2) is 0 Å². The largest absolute Gasteiger partial charge is 0.353 e. The molecule has 1 saturated heterocycles. The Kier molecular flexibility index (Phi) is 3.50. The topological polar surface area (TPSA) is 58.4 Å². The van der Waals surface area contributed by atoms with Crippen molar-refractivity contribution in [1.29, 1.82) is 0 Å². The van der Waals surface area contributed by atoms with Crippen molar-refractivity contribution in [3.63, 3.8) is 0 Å². The van der Waals surface area contributed by atoms with Gasteiger partial charge in [-0.1, -0.05) is 0 Å². The molecule has 0 bridgehead atoms. The molecule has 1 rings (SSSR count). The van der Waals surface area contributed by atoms with Crippen molar-refractivity contribution in [2.75, 3.05) is 19.6 Å². The summed E-state index contributed by atoms with van der Waals surface area (Å²) < 4.78 is 0. The van der Waals surface area contributed by atoms with Gasteiger partial charge in [-0.3, -0.25) is 9.69 Å². The van der Waals surface area contributed by atoms with E-state index in [4.69, 9.17) is 5.73 Å². The summed E-state index contributed by atoms with van der Waals surface area (Å²) in [5.74, 6) is 0.118. The summed E-state index contributed by atoms with van der Waals surface area (Å²) in [6.45, 7) is 8.41. The maximum atomic E-state index is 11.7. The van der Waals surface area contributed by atoms with Gasteiger partial charge in [0.15, 0.2) is 0 Å². The monoisotopic (exact) mass is 199 g/mol. The van der Waals surface area contributed by atoms with Crippen LogP contribution in [-0.2, 0) is 4.79 Å². The second kappa shape index (κ2) is 4.28. The summed E-state index contributed by atoms with van der Waals surface area (Å²) in [5, 5.41) is 2.89. The molecule has 4 heteroatoms. The van der Waals surface area contributed by atoms with Crippen molar-refractivity contribution < 1.29 is 4.79 Å². The second-order valence-electron chi connectivity index (χ2n) is 4.43. The third kappa shape index (κ3) is 2.07.